The Balaban J connectivity index is 1.68. The number of rotatable bonds is 4. The first-order chi connectivity index (χ1) is 16.8. The number of nitrogens with zero attached hydrogens (tertiary/aromatic N) is 10. The molecule has 4 aromatic heterocycles. The number of aromatic amines is 1. The van der Waals surface area contributed by atoms with Crippen LogP contribution >= 0.6 is 0 Å². The van der Waals surface area contributed by atoms with Crippen molar-refractivity contribution >= 4 is 22.8 Å². The smallest absolute Gasteiger partial charge is 0.255 e. The number of hydrogen-bond donors (Lipinski definition) is 1. The van der Waals surface area contributed by atoms with Gasteiger partial charge in [0.2, 0.25) is 0 Å². The number of azo groups is 1. The summed E-state index contributed by atoms with van der Waals surface area (Å²) < 4.78 is 2.98. The molecule has 0 bridgehead atoms. The van der Waals surface area contributed by atoms with Gasteiger partial charge in [-0.15, -0.1) is 20.0 Å². The third-order valence-corrected chi connectivity index (χ3v) is 5.49. The van der Waals surface area contributed by atoms with Crippen LogP contribution in [0.15, 0.2) is 53.0 Å². The summed E-state index contributed by atoms with van der Waals surface area (Å²) in [6.45, 7) is 17.6. The average molecular weight is 466 g/mol. The summed E-state index contributed by atoms with van der Waals surface area (Å²) in [6, 6.07) is 9.70. The van der Waals surface area contributed by atoms with Gasteiger partial charge in [-0.2, -0.15) is 14.9 Å². The van der Waals surface area contributed by atoms with Crippen molar-refractivity contribution in [3.63, 3.8) is 0 Å². The minimum Gasteiger partial charge on any atom is -0.319 e. The van der Waals surface area contributed by atoms with Gasteiger partial charge in [0.1, 0.15) is 0 Å². The number of nitrogens with one attached hydrogen (secondary N) is 1. The first kappa shape index (κ1) is 22.1. The summed E-state index contributed by atoms with van der Waals surface area (Å²) >= 11 is 0. The number of hydrogen-bond acceptors (Lipinski definition) is 7. The number of aryl methyl sites for hydroxylation is 2. The monoisotopic (exact) mass is 465 g/mol. The van der Waals surface area contributed by atoms with Gasteiger partial charge in [0.15, 0.2) is 23.0 Å². The zero-order chi connectivity index (χ0) is 24.7. The standard InChI is InChI=1S/C24H23N11/c1-14-10-7-8-11-16(14)20-28-21-18(19(24(3,4)5)32-35(21)33-20)29-30-22-17(25-6)15(2)31-34(22)23-26-12-9-13-27-23/h7-13H,1-5H3,(H,28,33)/b30-29+. The van der Waals surface area contributed by atoms with Crippen LogP contribution in [0.3, 0.4) is 0 Å². The summed E-state index contributed by atoms with van der Waals surface area (Å²) in [4.78, 5) is 15.5. The van der Waals surface area contributed by atoms with Crippen molar-refractivity contribution in [2.45, 2.75) is 40.0 Å². The van der Waals surface area contributed by atoms with Crippen molar-refractivity contribution in [1.29, 1.82) is 0 Å². The van der Waals surface area contributed by atoms with E-state index in [9.17, 15) is 0 Å². The minimum atomic E-state index is -0.326. The average Bonchev–Trinajstić information content (AvgIpc) is 3.49. The van der Waals surface area contributed by atoms with Crippen LogP contribution in [-0.2, 0) is 5.41 Å². The van der Waals surface area contributed by atoms with Crippen molar-refractivity contribution in [3.05, 3.63) is 71.1 Å². The van der Waals surface area contributed by atoms with Gasteiger partial charge in [0, 0.05) is 23.4 Å². The SMILES string of the molecule is [C-]#[N+]c1c(C)nn(-c2ncccn2)c1/N=N/c1c(C(C)(C)C)nn2nc(-c3ccccc3C)[nH]c12. The second-order valence-corrected chi connectivity index (χ2v) is 9.10. The van der Waals surface area contributed by atoms with E-state index in [0.29, 0.717) is 28.8 Å². The van der Waals surface area contributed by atoms with E-state index in [1.807, 2.05) is 52.0 Å². The molecule has 0 fully saturated rings. The van der Waals surface area contributed by atoms with Crippen LogP contribution in [0.5, 0.6) is 0 Å². The Bertz CT molecular complexity index is 1610. The van der Waals surface area contributed by atoms with Gasteiger partial charge in [-0.05, 0) is 25.5 Å². The Kier molecular flexibility index (Phi) is 5.21. The molecular weight excluding hydrogens is 442 g/mol. The molecular formula is C24H23N11. The lowest BCUT2D eigenvalue weighted by Crippen LogP contribution is -2.12. The molecule has 1 aromatic carbocycles. The van der Waals surface area contributed by atoms with Crippen molar-refractivity contribution < 1.29 is 0 Å². The predicted molar refractivity (Wildman–Crippen MR) is 131 cm³/mol. The van der Waals surface area contributed by atoms with E-state index in [-0.39, 0.29) is 16.9 Å². The maximum atomic E-state index is 7.64. The molecule has 0 amide bonds. The van der Waals surface area contributed by atoms with E-state index in [1.165, 1.54) is 4.68 Å². The molecule has 0 saturated carbocycles. The van der Waals surface area contributed by atoms with Crippen molar-refractivity contribution in [2.24, 2.45) is 10.2 Å². The molecule has 5 rings (SSSR count). The first-order valence-corrected chi connectivity index (χ1v) is 11.0. The zero-order valence-corrected chi connectivity index (χ0v) is 20.0. The molecule has 0 spiro atoms. The van der Waals surface area contributed by atoms with Crippen LogP contribution in [0.1, 0.15) is 37.7 Å². The second-order valence-electron chi connectivity index (χ2n) is 9.10. The molecule has 11 nitrogen and oxygen atoms in total. The molecule has 35 heavy (non-hydrogen) atoms. The Labute approximate surface area is 201 Å². The number of aromatic nitrogens is 8. The fraction of sp³-hybridized carbons (Fsp3) is 0.250. The molecule has 5 aromatic rings. The molecule has 0 aliphatic heterocycles. The number of H-pyrrole nitrogens is 1. The summed E-state index contributed by atoms with van der Waals surface area (Å²) in [5.74, 6) is 1.24. The summed E-state index contributed by atoms with van der Waals surface area (Å²) in [5, 5.41) is 22.8. The van der Waals surface area contributed by atoms with Gasteiger partial charge in [-0.25, -0.2) is 14.8 Å². The van der Waals surface area contributed by atoms with Gasteiger partial charge in [0.05, 0.1) is 18.0 Å². The Morgan fingerprint density at radius 3 is 2.40 bits per heavy atom. The van der Waals surface area contributed by atoms with Crippen LogP contribution in [0.2, 0.25) is 0 Å². The molecule has 11 heteroatoms. The van der Waals surface area contributed by atoms with Gasteiger partial charge in [-0.3, -0.25) is 0 Å². The van der Waals surface area contributed by atoms with Gasteiger partial charge >= 0.3 is 0 Å². The predicted octanol–water partition coefficient (Wildman–Crippen LogP) is 5.58. The lowest BCUT2D eigenvalue weighted by atomic mass is 9.91. The molecule has 4 heterocycles. The highest BCUT2D eigenvalue weighted by Gasteiger charge is 2.27. The van der Waals surface area contributed by atoms with Gasteiger partial charge in [-0.1, -0.05) is 45.0 Å². The first-order valence-electron chi connectivity index (χ1n) is 11.0. The molecule has 0 saturated heterocycles. The highest BCUT2D eigenvalue weighted by atomic mass is 15.5. The normalized spacial score (nSPS) is 12.0. The van der Waals surface area contributed by atoms with Crippen LogP contribution in [0, 0.1) is 20.4 Å². The zero-order valence-electron chi connectivity index (χ0n) is 20.0. The van der Waals surface area contributed by atoms with Crippen molar-refractivity contribution in [3.8, 4) is 17.3 Å². The Hall–Kier alpha value is -4.72. The van der Waals surface area contributed by atoms with Crippen molar-refractivity contribution in [2.75, 3.05) is 0 Å². The van der Waals surface area contributed by atoms with E-state index >= 15 is 0 Å². The fourth-order valence-corrected chi connectivity index (χ4v) is 3.74. The third-order valence-electron chi connectivity index (χ3n) is 5.49. The third kappa shape index (κ3) is 3.85. The highest BCUT2D eigenvalue weighted by Crippen LogP contribution is 2.38. The largest absolute Gasteiger partial charge is 0.319 e. The second kappa shape index (κ2) is 8.25. The van der Waals surface area contributed by atoms with E-state index in [2.05, 4.69) is 40.2 Å². The van der Waals surface area contributed by atoms with E-state index in [4.69, 9.17) is 11.7 Å². The molecule has 0 radical (unpaired) electrons. The van der Waals surface area contributed by atoms with Crippen LogP contribution in [-0.4, -0.2) is 39.6 Å². The van der Waals surface area contributed by atoms with Gasteiger partial charge < -0.3 is 4.98 Å². The minimum absolute atomic E-state index is 0.251. The molecule has 0 atom stereocenters. The summed E-state index contributed by atoms with van der Waals surface area (Å²) in [7, 11) is 0. The molecule has 1 N–H and O–H groups in total. The molecule has 174 valence electrons. The molecule has 0 aliphatic carbocycles. The number of fused-ring (bicyclic) bond motifs is 1. The topological polar surface area (TPSA) is 119 Å². The highest BCUT2D eigenvalue weighted by molar-refractivity contribution is 5.72. The molecule has 0 aliphatic rings. The lowest BCUT2D eigenvalue weighted by molar-refractivity contribution is 0.557. The Morgan fingerprint density at radius 2 is 1.71 bits per heavy atom. The van der Waals surface area contributed by atoms with E-state index in [1.54, 1.807) is 30.0 Å². The molecule has 0 unspecified atom stereocenters. The lowest BCUT2D eigenvalue weighted by Gasteiger charge is -2.15. The van der Waals surface area contributed by atoms with Crippen LogP contribution in [0.25, 0.3) is 27.8 Å². The van der Waals surface area contributed by atoms with E-state index < -0.39 is 0 Å². The fourth-order valence-electron chi connectivity index (χ4n) is 3.74. The summed E-state index contributed by atoms with van der Waals surface area (Å²) in [6.07, 6.45) is 3.21. The van der Waals surface area contributed by atoms with Crippen LogP contribution < -0.4 is 0 Å². The van der Waals surface area contributed by atoms with E-state index in [0.717, 1.165) is 16.8 Å². The summed E-state index contributed by atoms with van der Waals surface area (Å²) in [5.41, 5.74) is 4.41. The van der Waals surface area contributed by atoms with Gasteiger partial charge in [0.25, 0.3) is 11.6 Å². The Morgan fingerprint density at radius 1 is 0.971 bits per heavy atom. The quantitative estimate of drug-likeness (QED) is 0.274. The van der Waals surface area contributed by atoms with Crippen LogP contribution in [0.4, 0.5) is 17.2 Å². The maximum Gasteiger partial charge on any atom is 0.255 e. The van der Waals surface area contributed by atoms with Crippen molar-refractivity contribution in [1.82, 2.24) is 39.6 Å². The maximum absolute atomic E-state index is 7.64. The number of benzene rings is 1.